The minimum atomic E-state index is -0.288. The Morgan fingerprint density at radius 1 is 1.40 bits per heavy atom. The van der Waals surface area contributed by atoms with Gasteiger partial charge in [-0.15, -0.1) is 11.3 Å². The first-order valence-electron chi connectivity index (χ1n) is 8.52. The van der Waals surface area contributed by atoms with Gasteiger partial charge in [-0.3, -0.25) is 4.79 Å². The normalized spacial score (nSPS) is 21.8. The number of nitrogens with one attached hydrogen (secondary N) is 3. The molecule has 5 nitrogen and oxygen atoms in total. The van der Waals surface area contributed by atoms with Crippen LogP contribution >= 0.6 is 27.3 Å². The molecule has 3 heterocycles. The Labute approximate surface area is 159 Å². The summed E-state index contributed by atoms with van der Waals surface area (Å²) in [7, 11) is 2.20. The van der Waals surface area contributed by atoms with Crippen LogP contribution in [0.1, 0.15) is 39.5 Å². The van der Waals surface area contributed by atoms with Crippen molar-refractivity contribution in [2.75, 3.05) is 25.5 Å². The van der Waals surface area contributed by atoms with Crippen molar-refractivity contribution in [1.82, 2.24) is 5.32 Å². The molecule has 0 spiro atoms. The molecule has 1 aromatic carbocycles. The first-order valence-corrected chi connectivity index (χ1v) is 10.1. The van der Waals surface area contributed by atoms with Crippen LogP contribution in [0.3, 0.4) is 0 Å². The average Bonchev–Trinajstić information content (AvgIpc) is 2.94. The molecule has 1 aromatic heterocycles. The smallest absolute Gasteiger partial charge is 0.256 e. The van der Waals surface area contributed by atoms with Crippen molar-refractivity contribution in [1.29, 1.82) is 0 Å². The van der Waals surface area contributed by atoms with Crippen LogP contribution in [-0.2, 0) is 13.0 Å². The van der Waals surface area contributed by atoms with Gasteiger partial charge in [0.2, 0.25) is 0 Å². The van der Waals surface area contributed by atoms with E-state index in [1.165, 1.54) is 15.3 Å². The van der Waals surface area contributed by atoms with E-state index < -0.39 is 0 Å². The lowest BCUT2D eigenvalue weighted by atomic mass is 10.0. The third kappa shape index (κ3) is 3.05. The molecule has 2 atom stereocenters. The zero-order valence-electron chi connectivity index (χ0n) is 14.2. The van der Waals surface area contributed by atoms with Crippen molar-refractivity contribution in [3.63, 3.8) is 0 Å². The van der Waals surface area contributed by atoms with E-state index in [1.807, 2.05) is 25.1 Å². The van der Waals surface area contributed by atoms with Crippen LogP contribution in [0.25, 0.3) is 0 Å². The van der Waals surface area contributed by atoms with Gasteiger partial charge in [-0.25, -0.2) is 0 Å². The fourth-order valence-corrected chi connectivity index (χ4v) is 5.29. The molecule has 7 heteroatoms. The van der Waals surface area contributed by atoms with E-state index in [0.29, 0.717) is 6.61 Å². The quantitative estimate of drug-likeness (QED) is 0.711. The zero-order valence-corrected chi connectivity index (χ0v) is 16.6. The molecule has 0 bridgehead atoms. The summed E-state index contributed by atoms with van der Waals surface area (Å²) >= 11 is 5.24. The number of quaternary nitrogens is 1. The van der Waals surface area contributed by atoms with Gasteiger partial charge in [0.05, 0.1) is 30.6 Å². The van der Waals surface area contributed by atoms with Crippen LogP contribution in [0.2, 0.25) is 0 Å². The van der Waals surface area contributed by atoms with Crippen molar-refractivity contribution in [2.24, 2.45) is 0 Å². The van der Waals surface area contributed by atoms with Crippen LogP contribution in [0.15, 0.2) is 22.7 Å². The Balaban J connectivity index is 1.71. The summed E-state index contributed by atoms with van der Waals surface area (Å²) in [6.45, 7) is 4.62. The maximum atomic E-state index is 12.8. The number of benzene rings is 1. The number of amides is 1. The molecule has 0 aliphatic carbocycles. The van der Waals surface area contributed by atoms with E-state index in [0.717, 1.165) is 45.9 Å². The Kier molecular flexibility index (Phi) is 4.47. The van der Waals surface area contributed by atoms with E-state index in [2.05, 4.69) is 33.6 Å². The van der Waals surface area contributed by atoms with Gasteiger partial charge in [0.15, 0.2) is 0 Å². The highest BCUT2D eigenvalue weighted by atomic mass is 79.9. The molecule has 132 valence electrons. The number of anilines is 1. The summed E-state index contributed by atoms with van der Waals surface area (Å²) in [5.41, 5.74) is 3.01. The summed E-state index contributed by atoms with van der Waals surface area (Å²) in [5, 5.41) is 7.61. The standard InChI is InChI=1S/C18H20BrN3O2S/c1-3-24-13-5-4-10(19)8-12(13)16-20-17(23)15-11-6-7-22(2)9-14(11)25-18(15)21-16/h4-5,8,16,21H,3,6-7,9H2,1-2H3,(H,20,23)/p+1/t16-/m1/s1. The lowest BCUT2D eigenvalue weighted by Crippen LogP contribution is -3.08. The molecule has 4 rings (SSSR count). The van der Waals surface area contributed by atoms with Gasteiger partial charge in [0.25, 0.3) is 5.91 Å². The lowest BCUT2D eigenvalue weighted by molar-refractivity contribution is -0.895. The van der Waals surface area contributed by atoms with Crippen LogP contribution in [0, 0.1) is 0 Å². The molecule has 2 aliphatic rings. The van der Waals surface area contributed by atoms with Crippen LogP contribution in [0.5, 0.6) is 5.75 Å². The molecule has 25 heavy (non-hydrogen) atoms. The molecule has 2 aliphatic heterocycles. The number of halogens is 1. The molecule has 0 saturated heterocycles. The van der Waals surface area contributed by atoms with Crippen molar-refractivity contribution in [3.05, 3.63) is 44.2 Å². The van der Waals surface area contributed by atoms with E-state index in [-0.39, 0.29) is 12.1 Å². The molecule has 1 unspecified atom stereocenters. The van der Waals surface area contributed by atoms with Gasteiger partial charge in [-0.05, 0) is 30.7 Å². The molecule has 0 radical (unpaired) electrons. The topological polar surface area (TPSA) is 54.8 Å². The van der Waals surface area contributed by atoms with E-state index >= 15 is 0 Å². The molecule has 1 amide bonds. The predicted octanol–water partition coefficient (Wildman–Crippen LogP) is 2.33. The van der Waals surface area contributed by atoms with E-state index in [1.54, 1.807) is 11.3 Å². The number of hydrogen-bond donors (Lipinski definition) is 3. The van der Waals surface area contributed by atoms with Gasteiger partial charge in [-0.2, -0.15) is 0 Å². The van der Waals surface area contributed by atoms with Gasteiger partial charge in [0, 0.05) is 16.5 Å². The number of rotatable bonds is 3. The fourth-order valence-electron chi connectivity index (χ4n) is 3.52. The maximum Gasteiger partial charge on any atom is 0.256 e. The Hall–Kier alpha value is -1.57. The zero-order chi connectivity index (χ0) is 17.6. The van der Waals surface area contributed by atoms with Crippen molar-refractivity contribution in [2.45, 2.75) is 26.1 Å². The summed E-state index contributed by atoms with van der Waals surface area (Å²) in [6, 6.07) is 5.89. The number of carbonyl (C=O) groups is 1. The highest BCUT2D eigenvalue weighted by Crippen LogP contribution is 2.40. The van der Waals surface area contributed by atoms with Gasteiger partial charge < -0.3 is 20.3 Å². The van der Waals surface area contributed by atoms with Gasteiger partial charge in [0.1, 0.15) is 23.5 Å². The highest BCUT2D eigenvalue weighted by molar-refractivity contribution is 9.10. The molecular weight excluding hydrogens is 402 g/mol. The molecule has 0 saturated carbocycles. The molecule has 0 fully saturated rings. The first-order chi connectivity index (χ1) is 12.1. The van der Waals surface area contributed by atoms with Crippen LogP contribution in [-0.4, -0.2) is 26.1 Å². The van der Waals surface area contributed by atoms with Crippen LogP contribution in [0.4, 0.5) is 5.00 Å². The summed E-state index contributed by atoms with van der Waals surface area (Å²) in [4.78, 5) is 15.7. The predicted molar refractivity (Wildman–Crippen MR) is 103 cm³/mol. The first kappa shape index (κ1) is 16.9. The largest absolute Gasteiger partial charge is 0.493 e. The summed E-state index contributed by atoms with van der Waals surface area (Å²) < 4.78 is 6.71. The summed E-state index contributed by atoms with van der Waals surface area (Å²) in [6.07, 6.45) is 0.678. The van der Waals surface area contributed by atoms with E-state index in [4.69, 9.17) is 4.74 Å². The number of carbonyl (C=O) groups excluding carboxylic acids is 1. The molecule has 2 aromatic rings. The third-order valence-corrected chi connectivity index (χ3v) is 6.37. The summed E-state index contributed by atoms with van der Waals surface area (Å²) in [5.74, 6) is 0.802. The van der Waals surface area contributed by atoms with E-state index in [9.17, 15) is 4.79 Å². The van der Waals surface area contributed by atoms with Crippen molar-refractivity contribution in [3.8, 4) is 5.75 Å². The monoisotopic (exact) mass is 422 g/mol. The highest BCUT2D eigenvalue weighted by Gasteiger charge is 2.34. The second-order valence-corrected chi connectivity index (χ2v) is 8.53. The SMILES string of the molecule is CCOc1ccc(Br)cc1[C@@H]1NC(=O)c2c(sc3c2CC[NH+](C)C3)N1. The minimum Gasteiger partial charge on any atom is -0.493 e. The average molecular weight is 423 g/mol. The Morgan fingerprint density at radius 2 is 2.24 bits per heavy atom. The van der Waals surface area contributed by atoms with Gasteiger partial charge >= 0.3 is 0 Å². The van der Waals surface area contributed by atoms with Gasteiger partial charge in [-0.1, -0.05) is 15.9 Å². The Morgan fingerprint density at radius 3 is 3.04 bits per heavy atom. The second-order valence-electron chi connectivity index (χ2n) is 6.51. The maximum absolute atomic E-state index is 12.8. The lowest BCUT2D eigenvalue weighted by Gasteiger charge is -2.28. The third-order valence-electron chi connectivity index (χ3n) is 4.72. The van der Waals surface area contributed by atoms with Crippen LogP contribution < -0.4 is 20.3 Å². The molecular formula is C18H21BrN3O2S+. The number of likely N-dealkylation sites (N-methyl/N-ethyl adjacent to an activating group) is 1. The fraction of sp³-hybridized carbons (Fsp3) is 0.389. The number of thiophene rings is 1. The number of ether oxygens (including phenoxy) is 1. The van der Waals surface area contributed by atoms with Crippen molar-refractivity contribution >= 4 is 38.2 Å². The van der Waals surface area contributed by atoms with Crippen molar-refractivity contribution < 1.29 is 14.4 Å². The Bertz CT molecular complexity index is 836. The minimum absolute atomic E-state index is 0.0122. The second kappa shape index (κ2) is 6.63. The molecule has 3 N–H and O–H groups in total. The number of hydrogen-bond acceptors (Lipinski definition) is 4. The number of fused-ring (bicyclic) bond motifs is 3.